The van der Waals surface area contributed by atoms with E-state index >= 15 is 0 Å². The Morgan fingerprint density at radius 2 is 1.85 bits per heavy atom. The molecule has 3 unspecified atom stereocenters. The second-order valence-electron chi connectivity index (χ2n) is 6.38. The highest BCUT2D eigenvalue weighted by molar-refractivity contribution is 5.85. The number of benzene rings is 1. The average molecular weight is 370 g/mol. The summed E-state index contributed by atoms with van der Waals surface area (Å²) in [5, 5.41) is 29.1. The molecule has 3 atom stereocenters. The predicted octanol–water partition coefficient (Wildman–Crippen LogP) is 2.32. The molecule has 6 nitrogen and oxygen atoms in total. The fourth-order valence-electron chi connectivity index (χ4n) is 3.45. The van der Waals surface area contributed by atoms with E-state index in [1.54, 1.807) is 30.3 Å². The number of ether oxygens (including phenoxy) is 1. The molecule has 26 heavy (non-hydrogen) atoms. The molecule has 1 aliphatic rings. The van der Waals surface area contributed by atoms with E-state index in [0.29, 0.717) is 5.56 Å². The molecule has 0 heterocycles. The van der Waals surface area contributed by atoms with Crippen LogP contribution < -0.4 is 0 Å². The average Bonchev–Trinajstić information content (AvgIpc) is 2.60. The zero-order chi connectivity index (χ0) is 19.5. The standard InChI is InChI=1S/C18H20F2O6/c1-17(15(22)23)12(14(19)20)7-8-18(16(24)25,13(17)9-21)26-10-11-5-3-2-4-6-11/h2-7,13-14,21H,8-10H2,1H3,(H,22,23)(H,24,25). The Kier molecular flexibility index (Phi) is 5.77. The van der Waals surface area contributed by atoms with Gasteiger partial charge >= 0.3 is 11.9 Å². The van der Waals surface area contributed by atoms with E-state index < -0.39 is 53.9 Å². The monoisotopic (exact) mass is 370 g/mol. The molecule has 0 aliphatic heterocycles. The number of aliphatic hydroxyl groups excluding tert-OH is 1. The topological polar surface area (TPSA) is 104 Å². The van der Waals surface area contributed by atoms with Gasteiger partial charge in [-0.15, -0.1) is 0 Å². The molecule has 0 saturated heterocycles. The molecule has 142 valence electrons. The Morgan fingerprint density at radius 1 is 1.23 bits per heavy atom. The third kappa shape index (κ3) is 3.22. The minimum Gasteiger partial charge on any atom is -0.481 e. The van der Waals surface area contributed by atoms with Crippen LogP contribution in [0.1, 0.15) is 18.9 Å². The summed E-state index contributed by atoms with van der Waals surface area (Å²) < 4.78 is 32.4. The van der Waals surface area contributed by atoms with E-state index in [0.717, 1.165) is 13.0 Å². The molecular weight excluding hydrogens is 350 g/mol. The number of alkyl halides is 2. The largest absolute Gasteiger partial charge is 0.481 e. The Balaban J connectivity index is 2.51. The minimum absolute atomic E-state index is 0.169. The summed E-state index contributed by atoms with van der Waals surface area (Å²) in [7, 11) is 0. The molecule has 0 saturated carbocycles. The minimum atomic E-state index is -3.09. The van der Waals surface area contributed by atoms with E-state index in [-0.39, 0.29) is 6.61 Å². The highest BCUT2D eigenvalue weighted by atomic mass is 19.3. The van der Waals surface area contributed by atoms with Gasteiger partial charge in [0.25, 0.3) is 6.43 Å². The van der Waals surface area contributed by atoms with Crippen molar-refractivity contribution in [2.45, 2.75) is 32.0 Å². The zero-order valence-electron chi connectivity index (χ0n) is 14.1. The van der Waals surface area contributed by atoms with E-state index in [1.165, 1.54) is 0 Å². The van der Waals surface area contributed by atoms with Crippen molar-refractivity contribution in [2.75, 3.05) is 6.61 Å². The van der Waals surface area contributed by atoms with Gasteiger partial charge in [-0.3, -0.25) is 4.79 Å². The van der Waals surface area contributed by atoms with Gasteiger partial charge in [0.1, 0.15) is 0 Å². The lowest BCUT2D eigenvalue weighted by atomic mass is 9.60. The summed E-state index contributed by atoms with van der Waals surface area (Å²) in [5.74, 6) is -4.75. The molecule has 8 heteroatoms. The van der Waals surface area contributed by atoms with E-state index in [9.17, 15) is 33.7 Å². The number of halogens is 2. The quantitative estimate of drug-likeness (QED) is 0.637. The zero-order valence-corrected chi connectivity index (χ0v) is 14.1. The van der Waals surface area contributed by atoms with Crippen LogP contribution in [0.15, 0.2) is 42.0 Å². The maximum Gasteiger partial charge on any atom is 0.336 e. The van der Waals surface area contributed by atoms with E-state index in [1.807, 2.05) is 0 Å². The van der Waals surface area contributed by atoms with Gasteiger partial charge in [0.15, 0.2) is 5.60 Å². The summed E-state index contributed by atoms with van der Waals surface area (Å²) in [6.07, 6.45) is -2.65. The molecule has 0 aromatic heterocycles. The maximum absolute atomic E-state index is 13.4. The molecule has 2 rings (SSSR count). The first kappa shape index (κ1) is 20.0. The second-order valence-corrected chi connectivity index (χ2v) is 6.38. The first-order valence-corrected chi connectivity index (χ1v) is 7.94. The summed E-state index contributed by atoms with van der Waals surface area (Å²) in [4.78, 5) is 23.8. The van der Waals surface area contributed by atoms with Gasteiger partial charge in [-0.1, -0.05) is 36.4 Å². The van der Waals surface area contributed by atoms with E-state index in [4.69, 9.17) is 4.74 Å². The summed E-state index contributed by atoms with van der Waals surface area (Å²) in [6.45, 7) is -0.109. The van der Waals surface area contributed by atoms with E-state index in [2.05, 4.69) is 0 Å². The lowest BCUT2D eigenvalue weighted by Crippen LogP contribution is -2.60. The lowest BCUT2D eigenvalue weighted by molar-refractivity contribution is -0.196. The number of carbonyl (C=O) groups is 2. The smallest absolute Gasteiger partial charge is 0.336 e. The molecule has 1 aliphatic carbocycles. The van der Waals surface area contributed by atoms with Crippen molar-refractivity contribution in [3.05, 3.63) is 47.5 Å². The molecule has 1 aromatic rings. The van der Waals surface area contributed by atoms with Crippen LogP contribution >= 0.6 is 0 Å². The molecule has 0 spiro atoms. The molecular formula is C18H20F2O6. The number of hydrogen-bond donors (Lipinski definition) is 3. The van der Waals surface area contributed by atoms with Gasteiger partial charge in [-0.2, -0.15) is 0 Å². The summed E-state index contributed by atoms with van der Waals surface area (Å²) in [6, 6.07) is 8.55. The number of carboxylic acids is 2. The van der Waals surface area contributed by atoms with Crippen molar-refractivity contribution in [1.29, 1.82) is 0 Å². The molecule has 0 amide bonds. The normalized spacial score (nSPS) is 28.7. The highest BCUT2D eigenvalue weighted by Gasteiger charge is 2.62. The fourth-order valence-corrected chi connectivity index (χ4v) is 3.45. The van der Waals surface area contributed by atoms with Crippen LogP contribution in [0.25, 0.3) is 0 Å². The SMILES string of the molecule is CC1(C(=O)O)C(C(F)F)=CCC(OCc2ccccc2)(C(=O)O)C1CO. The summed E-state index contributed by atoms with van der Waals surface area (Å²) >= 11 is 0. The van der Waals surface area contributed by atoms with Crippen LogP contribution in [0.2, 0.25) is 0 Å². The number of aliphatic hydroxyl groups is 1. The van der Waals surface area contributed by atoms with Gasteiger partial charge in [-0.05, 0) is 12.5 Å². The van der Waals surface area contributed by atoms with Gasteiger partial charge in [-0.25, -0.2) is 13.6 Å². The highest BCUT2D eigenvalue weighted by Crippen LogP contribution is 2.51. The Bertz CT molecular complexity index is 705. The molecule has 0 fully saturated rings. The molecule has 1 aromatic carbocycles. The van der Waals surface area contributed by atoms with Gasteiger partial charge in [0.2, 0.25) is 0 Å². The molecule has 3 N–H and O–H groups in total. The van der Waals surface area contributed by atoms with Gasteiger partial charge in [0.05, 0.1) is 18.6 Å². The van der Waals surface area contributed by atoms with Crippen LogP contribution in [-0.4, -0.2) is 45.9 Å². The van der Waals surface area contributed by atoms with Crippen LogP contribution in [0.3, 0.4) is 0 Å². The van der Waals surface area contributed by atoms with Crippen LogP contribution in [0, 0.1) is 11.3 Å². The van der Waals surface area contributed by atoms with Gasteiger partial charge < -0.3 is 20.1 Å². The molecule has 0 bridgehead atoms. The third-order valence-electron chi connectivity index (χ3n) is 5.05. The predicted molar refractivity (Wildman–Crippen MR) is 86.6 cm³/mol. The fraction of sp³-hybridized carbons (Fsp3) is 0.444. The summed E-state index contributed by atoms with van der Waals surface area (Å²) in [5.41, 5.74) is -4.51. The third-order valence-corrected chi connectivity index (χ3v) is 5.05. The van der Waals surface area contributed by atoms with Crippen molar-refractivity contribution in [3.8, 4) is 0 Å². The Morgan fingerprint density at radius 3 is 2.31 bits per heavy atom. The lowest BCUT2D eigenvalue weighted by Gasteiger charge is -2.47. The Labute approximate surface area is 148 Å². The Hall–Kier alpha value is -2.32. The second kappa shape index (κ2) is 7.51. The van der Waals surface area contributed by atoms with Crippen molar-refractivity contribution >= 4 is 11.9 Å². The molecule has 0 radical (unpaired) electrons. The maximum atomic E-state index is 13.4. The van der Waals surface area contributed by atoms with Crippen LogP contribution in [-0.2, 0) is 20.9 Å². The van der Waals surface area contributed by atoms with Crippen molar-refractivity contribution < 1.29 is 38.4 Å². The number of hydrogen-bond acceptors (Lipinski definition) is 4. The number of carboxylic acid groups (broad SMARTS) is 2. The first-order chi connectivity index (χ1) is 12.2. The first-order valence-electron chi connectivity index (χ1n) is 7.94. The van der Waals surface area contributed by atoms with Crippen molar-refractivity contribution in [1.82, 2.24) is 0 Å². The van der Waals surface area contributed by atoms with Crippen LogP contribution in [0.5, 0.6) is 0 Å². The number of aliphatic carboxylic acids is 2. The van der Waals surface area contributed by atoms with Crippen molar-refractivity contribution in [2.24, 2.45) is 11.3 Å². The van der Waals surface area contributed by atoms with Gasteiger partial charge in [0, 0.05) is 17.9 Å². The number of rotatable bonds is 7. The van der Waals surface area contributed by atoms with Crippen LogP contribution in [0.4, 0.5) is 8.78 Å². The van der Waals surface area contributed by atoms with Crippen molar-refractivity contribution in [3.63, 3.8) is 0 Å².